The van der Waals surface area contributed by atoms with Crippen molar-refractivity contribution >= 4 is 34.9 Å². The zero-order valence-electron chi connectivity index (χ0n) is 15.5. The fourth-order valence-corrected chi connectivity index (χ4v) is 2.51. The van der Waals surface area contributed by atoms with Gasteiger partial charge >= 0.3 is 0 Å². The van der Waals surface area contributed by atoms with Gasteiger partial charge in [-0.15, -0.1) is 0 Å². The van der Waals surface area contributed by atoms with E-state index in [1.54, 1.807) is 24.9 Å². The summed E-state index contributed by atoms with van der Waals surface area (Å²) < 4.78 is 15.3. The Labute approximate surface area is 160 Å². The Bertz CT molecular complexity index is 916. The molecule has 2 rings (SSSR count). The Balaban J connectivity index is 2.06. The predicted octanol–water partition coefficient (Wildman–Crippen LogP) is 0.580. The van der Waals surface area contributed by atoms with E-state index >= 15 is 0 Å². The summed E-state index contributed by atoms with van der Waals surface area (Å²) in [4.78, 5) is 35.8. The second kappa shape index (κ2) is 8.84. The largest absolute Gasteiger partial charge is 0.388 e. The van der Waals surface area contributed by atoms with Gasteiger partial charge in [-0.25, -0.2) is 4.39 Å². The van der Waals surface area contributed by atoms with Gasteiger partial charge in [-0.2, -0.15) is 0 Å². The molecule has 0 aromatic carbocycles. The number of halogens is 1. The van der Waals surface area contributed by atoms with Crippen LogP contribution in [-0.2, 0) is 18.9 Å². The quantitative estimate of drug-likeness (QED) is 0.331. The minimum absolute atomic E-state index is 0.0234. The summed E-state index contributed by atoms with van der Waals surface area (Å²) in [6.07, 6.45) is 3.31. The minimum Gasteiger partial charge on any atom is -0.388 e. The molecule has 10 nitrogen and oxygen atoms in total. The van der Waals surface area contributed by atoms with Crippen LogP contribution in [0.1, 0.15) is 27.4 Å². The number of amidine groups is 1. The van der Waals surface area contributed by atoms with Gasteiger partial charge < -0.3 is 30.8 Å². The Morgan fingerprint density at radius 2 is 1.57 bits per heavy atom. The normalized spacial score (nSPS) is 10.4. The lowest BCUT2D eigenvalue weighted by atomic mass is 10.3. The van der Waals surface area contributed by atoms with Crippen LogP contribution >= 0.6 is 0 Å². The smallest absolute Gasteiger partial charge is 0.272 e. The second-order valence-electron chi connectivity index (χ2n) is 6.12. The van der Waals surface area contributed by atoms with Gasteiger partial charge in [0.15, 0.2) is 6.67 Å². The molecule has 0 radical (unpaired) electrons. The molecule has 0 fully saturated rings. The Kier molecular flexibility index (Phi) is 6.53. The predicted molar refractivity (Wildman–Crippen MR) is 102 cm³/mol. The molecule has 0 unspecified atom stereocenters. The van der Waals surface area contributed by atoms with Gasteiger partial charge in [-0.05, 0) is 12.1 Å². The average Bonchev–Trinajstić information content (AvgIpc) is 3.16. The maximum absolute atomic E-state index is 12.5. The fraction of sp³-hybridized carbons (Fsp3) is 0.294. The number of alkyl halides is 1. The number of carbonyl (C=O) groups excluding carboxylic acids is 3. The van der Waals surface area contributed by atoms with Gasteiger partial charge in [-0.1, -0.05) is 0 Å². The maximum atomic E-state index is 12.5. The standard InChI is InChI=1S/C17H22FN7O3/c1-24-9-11(6-12(24)16(27)21-4-3-14(19)20)23-17(28)13-5-10(8-25(13)2)22-15(26)7-18/h5-6,8-9H,3-4,7H2,1-2H3,(H3,19,20)(H,21,27)(H,22,26)(H,23,28). The molecule has 0 aliphatic carbocycles. The first-order valence-electron chi connectivity index (χ1n) is 8.32. The highest BCUT2D eigenvalue weighted by Gasteiger charge is 2.16. The van der Waals surface area contributed by atoms with Gasteiger partial charge in [-0.3, -0.25) is 19.8 Å². The number of hydrogen-bond acceptors (Lipinski definition) is 4. The fourth-order valence-electron chi connectivity index (χ4n) is 2.51. The van der Waals surface area contributed by atoms with Crippen molar-refractivity contribution in [2.45, 2.75) is 6.42 Å². The SMILES string of the molecule is Cn1cc(NC(=O)c2cc(NC(=O)CF)cn2C)cc1C(=O)NCCC(=N)N. The number of nitrogens with one attached hydrogen (secondary N) is 4. The zero-order valence-corrected chi connectivity index (χ0v) is 15.5. The summed E-state index contributed by atoms with van der Waals surface area (Å²) in [5, 5.41) is 14.8. The van der Waals surface area contributed by atoms with Gasteiger partial charge in [0.25, 0.3) is 17.7 Å². The summed E-state index contributed by atoms with van der Waals surface area (Å²) >= 11 is 0. The monoisotopic (exact) mass is 391 g/mol. The average molecular weight is 391 g/mol. The third-order valence-corrected chi connectivity index (χ3v) is 3.82. The molecule has 2 heterocycles. The number of anilines is 2. The van der Waals surface area contributed by atoms with Crippen molar-refractivity contribution in [3.05, 3.63) is 35.9 Å². The molecule has 0 bridgehead atoms. The van der Waals surface area contributed by atoms with E-state index in [-0.39, 0.29) is 30.4 Å². The maximum Gasteiger partial charge on any atom is 0.272 e. The van der Waals surface area contributed by atoms with E-state index in [1.807, 2.05) is 0 Å². The molecular weight excluding hydrogens is 369 g/mol. The number of aryl methyl sites for hydroxylation is 2. The highest BCUT2D eigenvalue weighted by Crippen LogP contribution is 2.17. The lowest BCUT2D eigenvalue weighted by molar-refractivity contribution is -0.117. The highest BCUT2D eigenvalue weighted by atomic mass is 19.1. The van der Waals surface area contributed by atoms with Crippen LogP contribution in [-0.4, -0.2) is 45.9 Å². The van der Waals surface area contributed by atoms with Crippen molar-refractivity contribution in [1.29, 1.82) is 5.41 Å². The van der Waals surface area contributed by atoms with Crippen molar-refractivity contribution in [3.63, 3.8) is 0 Å². The van der Waals surface area contributed by atoms with Gasteiger partial charge in [0.1, 0.15) is 11.4 Å². The number of rotatable bonds is 8. The molecule has 0 saturated heterocycles. The summed E-state index contributed by atoms with van der Waals surface area (Å²) in [5.41, 5.74) is 6.51. The highest BCUT2D eigenvalue weighted by molar-refractivity contribution is 6.05. The summed E-state index contributed by atoms with van der Waals surface area (Å²) in [6.45, 7) is -0.921. The number of nitrogens with zero attached hydrogens (tertiary/aromatic N) is 2. The topological polar surface area (TPSA) is 147 Å². The van der Waals surface area contributed by atoms with E-state index in [1.165, 1.54) is 22.9 Å². The van der Waals surface area contributed by atoms with Gasteiger partial charge in [0.05, 0.1) is 17.2 Å². The number of amides is 3. The first-order chi connectivity index (χ1) is 13.2. The third-order valence-electron chi connectivity index (χ3n) is 3.82. The molecule has 6 N–H and O–H groups in total. The molecule has 2 aromatic heterocycles. The van der Waals surface area contributed by atoms with Crippen molar-refractivity contribution in [1.82, 2.24) is 14.5 Å². The molecule has 0 saturated carbocycles. The van der Waals surface area contributed by atoms with Crippen LogP contribution in [0.4, 0.5) is 15.8 Å². The van der Waals surface area contributed by atoms with Crippen LogP contribution in [0.25, 0.3) is 0 Å². The second-order valence-corrected chi connectivity index (χ2v) is 6.12. The molecule has 0 aliphatic rings. The van der Waals surface area contributed by atoms with E-state index in [4.69, 9.17) is 11.1 Å². The van der Waals surface area contributed by atoms with Crippen molar-refractivity contribution in [2.75, 3.05) is 23.9 Å². The molecule has 0 aliphatic heterocycles. The van der Waals surface area contributed by atoms with Crippen molar-refractivity contribution < 1.29 is 18.8 Å². The van der Waals surface area contributed by atoms with E-state index < -0.39 is 18.5 Å². The summed E-state index contributed by atoms with van der Waals surface area (Å²) in [5.74, 6) is -1.65. The van der Waals surface area contributed by atoms with Crippen molar-refractivity contribution in [2.24, 2.45) is 19.8 Å². The number of carbonyl (C=O) groups is 3. The molecule has 0 spiro atoms. The molecule has 150 valence electrons. The van der Waals surface area contributed by atoms with E-state index in [0.29, 0.717) is 17.1 Å². The molecule has 28 heavy (non-hydrogen) atoms. The van der Waals surface area contributed by atoms with Gasteiger partial charge in [0, 0.05) is 39.5 Å². The minimum atomic E-state index is -1.16. The first-order valence-corrected chi connectivity index (χ1v) is 8.32. The van der Waals surface area contributed by atoms with Crippen molar-refractivity contribution in [3.8, 4) is 0 Å². The zero-order chi connectivity index (χ0) is 20.8. The van der Waals surface area contributed by atoms with E-state index in [0.717, 1.165) is 0 Å². The molecule has 11 heteroatoms. The van der Waals surface area contributed by atoms with Gasteiger partial charge in [0.2, 0.25) is 0 Å². The molecular formula is C17H22FN7O3. The van der Waals surface area contributed by atoms with Crippen LogP contribution < -0.4 is 21.7 Å². The summed E-state index contributed by atoms with van der Waals surface area (Å²) in [7, 11) is 3.27. The number of hydrogen-bond donors (Lipinski definition) is 5. The van der Waals surface area contributed by atoms with E-state index in [2.05, 4.69) is 16.0 Å². The van der Waals surface area contributed by atoms with Crippen LogP contribution in [0.5, 0.6) is 0 Å². The number of nitrogens with two attached hydrogens (primary N) is 1. The number of aromatic nitrogens is 2. The van der Waals surface area contributed by atoms with E-state index in [9.17, 15) is 18.8 Å². The lowest BCUT2D eigenvalue weighted by Crippen LogP contribution is -2.28. The molecule has 2 aromatic rings. The summed E-state index contributed by atoms with van der Waals surface area (Å²) in [6, 6.07) is 2.93. The van der Waals surface area contributed by atoms with Crippen LogP contribution in [0.2, 0.25) is 0 Å². The van der Waals surface area contributed by atoms with Crippen LogP contribution in [0.3, 0.4) is 0 Å². The Morgan fingerprint density at radius 3 is 2.11 bits per heavy atom. The lowest BCUT2D eigenvalue weighted by Gasteiger charge is -2.04. The molecule has 0 atom stereocenters. The van der Waals surface area contributed by atoms with Crippen LogP contribution in [0.15, 0.2) is 24.5 Å². The van der Waals surface area contributed by atoms with Crippen LogP contribution in [0, 0.1) is 5.41 Å². The third kappa shape index (κ3) is 5.19. The first kappa shape index (κ1) is 20.7. The molecule has 3 amide bonds. The Morgan fingerprint density at radius 1 is 1.04 bits per heavy atom. The Hall–Kier alpha value is -3.63.